The molecule has 1 aliphatic heterocycles. The molecule has 142 valence electrons. The van der Waals surface area contributed by atoms with Gasteiger partial charge in [-0.05, 0) is 17.7 Å². The van der Waals surface area contributed by atoms with E-state index >= 15 is 0 Å². The van der Waals surface area contributed by atoms with Crippen molar-refractivity contribution in [2.45, 2.75) is 31.8 Å². The predicted molar refractivity (Wildman–Crippen MR) is 102 cm³/mol. The Balaban J connectivity index is 1.82. The molecule has 2 atom stereocenters. The molecule has 27 heavy (non-hydrogen) atoms. The largest absolute Gasteiger partial charge is 0.490 e. The smallest absolute Gasteiger partial charge is 0.245 e. The van der Waals surface area contributed by atoms with E-state index in [9.17, 15) is 9.59 Å². The second kappa shape index (κ2) is 8.66. The number of likely N-dealkylation sites (N-methyl/N-ethyl adjacent to an activating group) is 1. The molecule has 0 N–H and O–H groups in total. The third-order valence-electron chi connectivity index (χ3n) is 4.81. The molecule has 1 fully saturated rings. The van der Waals surface area contributed by atoms with Gasteiger partial charge in [0.25, 0.3) is 0 Å². The quantitative estimate of drug-likeness (QED) is 0.785. The van der Waals surface area contributed by atoms with Crippen LogP contribution in [0.25, 0.3) is 0 Å². The van der Waals surface area contributed by atoms with Crippen LogP contribution in [0.3, 0.4) is 0 Å². The monoisotopic (exact) mass is 367 g/mol. The lowest BCUT2D eigenvalue weighted by molar-refractivity contribution is -0.155. The standard InChI is InChI=1S/C21H25N3O3/c1-3-20(25)24-17(15-27-18-10-7-11-22-13-18)14-23(2)21(26)19(24)12-16-8-5-4-6-9-16/h4-11,13,17,19H,3,12,14-15H2,1-2H3/t17-,19-/m0/s1. The molecule has 2 amide bonds. The number of pyridine rings is 1. The number of rotatable bonds is 6. The molecular formula is C21H25N3O3. The van der Waals surface area contributed by atoms with Gasteiger partial charge in [0.15, 0.2) is 0 Å². The van der Waals surface area contributed by atoms with E-state index in [1.165, 1.54) is 0 Å². The van der Waals surface area contributed by atoms with Crippen LogP contribution in [-0.4, -0.2) is 58.9 Å². The molecule has 1 aromatic carbocycles. The number of benzene rings is 1. The van der Waals surface area contributed by atoms with E-state index in [1.807, 2.05) is 43.3 Å². The molecule has 2 heterocycles. The van der Waals surface area contributed by atoms with E-state index in [0.717, 1.165) is 5.56 Å². The average molecular weight is 367 g/mol. The van der Waals surface area contributed by atoms with Crippen LogP contribution < -0.4 is 4.74 Å². The van der Waals surface area contributed by atoms with E-state index in [4.69, 9.17) is 4.74 Å². The number of carbonyl (C=O) groups is 2. The van der Waals surface area contributed by atoms with Crippen molar-refractivity contribution in [1.82, 2.24) is 14.8 Å². The Kier molecular flexibility index (Phi) is 6.06. The summed E-state index contributed by atoms with van der Waals surface area (Å²) in [5.74, 6) is 0.594. The molecule has 6 nitrogen and oxygen atoms in total. The summed E-state index contributed by atoms with van der Waals surface area (Å²) in [6.45, 7) is 2.60. The summed E-state index contributed by atoms with van der Waals surface area (Å²) in [4.78, 5) is 33.1. The van der Waals surface area contributed by atoms with Crippen molar-refractivity contribution in [3.05, 3.63) is 60.4 Å². The van der Waals surface area contributed by atoms with Gasteiger partial charge in [-0.3, -0.25) is 14.6 Å². The molecule has 6 heteroatoms. The lowest BCUT2D eigenvalue weighted by Crippen LogP contribution is -2.64. The van der Waals surface area contributed by atoms with Crippen LogP contribution in [0.4, 0.5) is 0 Å². The van der Waals surface area contributed by atoms with Crippen LogP contribution in [-0.2, 0) is 16.0 Å². The molecule has 1 aliphatic rings. The molecule has 2 aromatic rings. The summed E-state index contributed by atoms with van der Waals surface area (Å²) in [6, 6.07) is 12.7. The molecule has 3 rings (SSSR count). The van der Waals surface area contributed by atoms with Crippen molar-refractivity contribution in [2.75, 3.05) is 20.2 Å². The maximum absolute atomic E-state index is 12.9. The van der Waals surface area contributed by atoms with Crippen LogP contribution in [0.1, 0.15) is 18.9 Å². The van der Waals surface area contributed by atoms with Crippen LogP contribution in [0.2, 0.25) is 0 Å². The third-order valence-corrected chi connectivity index (χ3v) is 4.81. The lowest BCUT2D eigenvalue weighted by Gasteiger charge is -2.45. The van der Waals surface area contributed by atoms with Crippen LogP contribution in [0, 0.1) is 0 Å². The molecule has 0 radical (unpaired) electrons. The van der Waals surface area contributed by atoms with E-state index in [2.05, 4.69) is 4.98 Å². The zero-order valence-corrected chi connectivity index (χ0v) is 15.7. The molecule has 1 aromatic heterocycles. The fourth-order valence-electron chi connectivity index (χ4n) is 3.46. The van der Waals surface area contributed by atoms with Crippen LogP contribution in [0.5, 0.6) is 5.75 Å². The minimum Gasteiger partial charge on any atom is -0.490 e. The molecule has 0 aliphatic carbocycles. The highest BCUT2D eigenvalue weighted by Gasteiger charge is 2.41. The Morgan fingerprint density at radius 1 is 1.22 bits per heavy atom. The number of hydrogen-bond donors (Lipinski definition) is 0. The number of piperazine rings is 1. The molecule has 0 bridgehead atoms. The highest BCUT2D eigenvalue weighted by molar-refractivity contribution is 5.89. The lowest BCUT2D eigenvalue weighted by atomic mass is 9.98. The van der Waals surface area contributed by atoms with E-state index in [-0.39, 0.29) is 17.9 Å². The first-order valence-corrected chi connectivity index (χ1v) is 9.23. The first-order chi connectivity index (χ1) is 13.1. The minimum absolute atomic E-state index is 0.0294. The van der Waals surface area contributed by atoms with Gasteiger partial charge in [-0.25, -0.2) is 0 Å². The van der Waals surface area contributed by atoms with Crippen molar-refractivity contribution in [3.8, 4) is 5.75 Å². The van der Waals surface area contributed by atoms with Crippen molar-refractivity contribution in [1.29, 1.82) is 0 Å². The van der Waals surface area contributed by atoms with Gasteiger partial charge in [-0.2, -0.15) is 0 Å². The highest BCUT2D eigenvalue weighted by atomic mass is 16.5. The SMILES string of the molecule is CCC(=O)N1[C@H](COc2cccnc2)CN(C)C(=O)[C@@H]1Cc1ccccc1. The van der Waals surface area contributed by atoms with Crippen molar-refractivity contribution >= 4 is 11.8 Å². The first-order valence-electron chi connectivity index (χ1n) is 9.23. The van der Waals surface area contributed by atoms with Gasteiger partial charge in [-0.15, -0.1) is 0 Å². The number of hydrogen-bond acceptors (Lipinski definition) is 4. The zero-order chi connectivity index (χ0) is 19.2. The van der Waals surface area contributed by atoms with Gasteiger partial charge in [0.1, 0.15) is 18.4 Å². The average Bonchev–Trinajstić information content (AvgIpc) is 2.71. The van der Waals surface area contributed by atoms with Crippen molar-refractivity contribution in [3.63, 3.8) is 0 Å². The third kappa shape index (κ3) is 4.45. The normalized spacial score (nSPS) is 19.9. The molecule has 0 saturated carbocycles. The van der Waals surface area contributed by atoms with Crippen LogP contribution >= 0.6 is 0 Å². The minimum atomic E-state index is -0.513. The number of carbonyl (C=O) groups excluding carboxylic acids is 2. The number of nitrogens with zero attached hydrogens (tertiary/aromatic N) is 3. The molecule has 0 spiro atoms. The van der Waals surface area contributed by atoms with Gasteiger partial charge in [0.05, 0.1) is 12.2 Å². The molecule has 0 unspecified atom stereocenters. The summed E-state index contributed by atoms with van der Waals surface area (Å²) in [6.07, 6.45) is 4.18. The Bertz CT molecular complexity index is 767. The second-order valence-electron chi connectivity index (χ2n) is 6.73. The van der Waals surface area contributed by atoms with Gasteiger partial charge >= 0.3 is 0 Å². The summed E-state index contributed by atoms with van der Waals surface area (Å²) in [5.41, 5.74) is 1.03. The first kappa shape index (κ1) is 18.9. The molecule has 1 saturated heterocycles. The van der Waals surface area contributed by atoms with Gasteiger partial charge in [0, 0.05) is 32.6 Å². The summed E-state index contributed by atoms with van der Waals surface area (Å²) in [7, 11) is 1.78. The summed E-state index contributed by atoms with van der Waals surface area (Å²) < 4.78 is 5.86. The number of ether oxygens (including phenoxy) is 1. The van der Waals surface area contributed by atoms with E-state index < -0.39 is 6.04 Å². The Morgan fingerprint density at radius 3 is 2.67 bits per heavy atom. The number of aromatic nitrogens is 1. The maximum Gasteiger partial charge on any atom is 0.245 e. The topological polar surface area (TPSA) is 62.7 Å². The Hall–Kier alpha value is -2.89. The Morgan fingerprint density at radius 2 is 2.00 bits per heavy atom. The fourth-order valence-corrected chi connectivity index (χ4v) is 3.46. The molecular weight excluding hydrogens is 342 g/mol. The summed E-state index contributed by atoms with van der Waals surface area (Å²) >= 11 is 0. The fraction of sp³-hybridized carbons (Fsp3) is 0.381. The zero-order valence-electron chi connectivity index (χ0n) is 15.7. The van der Waals surface area contributed by atoms with E-state index in [1.54, 1.807) is 35.3 Å². The predicted octanol–water partition coefficient (Wildman–Crippen LogP) is 2.15. The summed E-state index contributed by atoms with van der Waals surface area (Å²) in [5, 5.41) is 0. The van der Waals surface area contributed by atoms with Gasteiger partial charge in [-0.1, -0.05) is 37.3 Å². The maximum atomic E-state index is 12.9. The Labute approximate surface area is 159 Å². The highest BCUT2D eigenvalue weighted by Crippen LogP contribution is 2.22. The van der Waals surface area contributed by atoms with Gasteiger partial charge < -0.3 is 14.5 Å². The second-order valence-corrected chi connectivity index (χ2v) is 6.73. The number of amides is 2. The van der Waals surface area contributed by atoms with Crippen LogP contribution in [0.15, 0.2) is 54.9 Å². The van der Waals surface area contributed by atoms with Gasteiger partial charge in [0.2, 0.25) is 11.8 Å². The van der Waals surface area contributed by atoms with E-state index in [0.29, 0.717) is 31.7 Å². The van der Waals surface area contributed by atoms with Crippen molar-refractivity contribution < 1.29 is 14.3 Å². The van der Waals surface area contributed by atoms with Crippen molar-refractivity contribution in [2.24, 2.45) is 0 Å².